The van der Waals surface area contributed by atoms with Crippen LogP contribution in [0.3, 0.4) is 0 Å². The Morgan fingerprint density at radius 1 is 1.05 bits per heavy atom. The summed E-state index contributed by atoms with van der Waals surface area (Å²) < 4.78 is 28.6. The van der Waals surface area contributed by atoms with Crippen molar-refractivity contribution in [1.82, 2.24) is 0 Å². The van der Waals surface area contributed by atoms with Gasteiger partial charge in [-0.05, 0) is 50.1 Å². The van der Waals surface area contributed by atoms with Gasteiger partial charge in [0.2, 0.25) is 0 Å². The summed E-state index contributed by atoms with van der Waals surface area (Å²) in [6, 6.07) is 8.71. The third kappa shape index (κ3) is 3.59. The molecule has 2 aromatic rings. The number of benzene rings is 2. The number of hydrogen-bond acceptors (Lipinski definition) is 2. The molecule has 0 spiro atoms. The number of hydrogen-bond donors (Lipinski definition) is 1. The summed E-state index contributed by atoms with van der Waals surface area (Å²) in [6.07, 6.45) is 0. The van der Waals surface area contributed by atoms with Crippen LogP contribution in [0.2, 0.25) is 5.02 Å². The first-order valence-corrected chi connectivity index (χ1v) is 8.92. The quantitative estimate of drug-likeness (QED) is 0.818. The lowest BCUT2D eigenvalue weighted by molar-refractivity contribution is 0.600. The average molecular weight is 389 g/mol. The van der Waals surface area contributed by atoms with Gasteiger partial charge in [0, 0.05) is 4.47 Å². The third-order valence-corrected chi connectivity index (χ3v) is 5.52. The van der Waals surface area contributed by atoms with Gasteiger partial charge in [0.05, 0.1) is 15.6 Å². The Kier molecular flexibility index (Phi) is 4.66. The maximum atomic E-state index is 12.6. The Labute approximate surface area is 138 Å². The highest BCUT2D eigenvalue weighted by molar-refractivity contribution is 9.10. The van der Waals surface area contributed by atoms with Crippen LogP contribution in [0.4, 0.5) is 5.69 Å². The van der Waals surface area contributed by atoms with E-state index in [9.17, 15) is 8.42 Å². The molecule has 0 saturated carbocycles. The molecule has 0 aliphatic heterocycles. The van der Waals surface area contributed by atoms with E-state index in [4.69, 9.17) is 11.6 Å². The number of rotatable bonds is 3. The molecule has 2 aromatic carbocycles. The maximum absolute atomic E-state index is 12.6. The molecule has 3 nitrogen and oxygen atoms in total. The Balaban J connectivity index is 2.48. The van der Waals surface area contributed by atoms with Crippen LogP contribution in [0.25, 0.3) is 0 Å². The van der Waals surface area contributed by atoms with Crippen LogP contribution < -0.4 is 4.72 Å². The van der Waals surface area contributed by atoms with E-state index in [1.165, 1.54) is 0 Å². The zero-order valence-electron chi connectivity index (χ0n) is 11.9. The zero-order valence-corrected chi connectivity index (χ0v) is 15.0. The summed E-state index contributed by atoms with van der Waals surface area (Å²) >= 11 is 9.36. The Bertz CT molecular complexity index is 780. The standard InChI is InChI=1S/C15H15BrClNO2S/c1-9-6-10(2)15(11(3)7-9)21(19,20)18-14-5-4-12(16)8-13(14)17/h4-8,18H,1-3H3. The maximum Gasteiger partial charge on any atom is 0.262 e. The molecule has 0 aliphatic carbocycles. The minimum atomic E-state index is -3.68. The molecule has 112 valence electrons. The molecule has 6 heteroatoms. The molecule has 2 rings (SSSR count). The molecule has 0 bridgehead atoms. The van der Waals surface area contributed by atoms with Crippen molar-refractivity contribution in [3.05, 3.63) is 56.5 Å². The molecule has 0 radical (unpaired) electrons. The lowest BCUT2D eigenvalue weighted by Gasteiger charge is -2.14. The minimum Gasteiger partial charge on any atom is -0.278 e. The number of halogens is 2. The molecule has 0 aliphatic rings. The Hall–Kier alpha value is -1.04. The van der Waals surface area contributed by atoms with Gasteiger partial charge in [0.1, 0.15) is 0 Å². The monoisotopic (exact) mass is 387 g/mol. The van der Waals surface area contributed by atoms with Crippen LogP contribution in [-0.2, 0) is 10.0 Å². The van der Waals surface area contributed by atoms with Crippen molar-refractivity contribution >= 4 is 43.2 Å². The normalized spacial score (nSPS) is 11.5. The van der Waals surface area contributed by atoms with E-state index in [0.717, 1.165) is 10.0 Å². The van der Waals surface area contributed by atoms with Crippen molar-refractivity contribution < 1.29 is 8.42 Å². The fraction of sp³-hybridized carbons (Fsp3) is 0.200. The number of sulfonamides is 1. The van der Waals surface area contributed by atoms with Crippen LogP contribution in [-0.4, -0.2) is 8.42 Å². The predicted octanol–water partition coefficient (Wildman–Crippen LogP) is 4.83. The van der Waals surface area contributed by atoms with Gasteiger partial charge < -0.3 is 0 Å². The predicted molar refractivity (Wildman–Crippen MR) is 90.6 cm³/mol. The highest BCUT2D eigenvalue weighted by Crippen LogP contribution is 2.29. The molecule has 0 atom stereocenters. The second-order valence-corrected chi connectivity index (χ2v) is 7.90. The van der Waals surface area contributed by atoms with E-state index in [0.29, 0.717) is 26.7 Å². The van der Waals surface area contributed by atoms with Crippen molar-refractivity contribution in [2.45, 2.75) is 25.7 Å². The van der Waals surface area contributed by atoms with Crippen molar-refractivity contribution in [2.75, 3.05) is 4.72 Å². The van der Waals surface area contributed by atoms with Gasteiger partial charge >= 0.3 is 0 Å². The van der Waals surface area contributed by atoms with Gasteiger partial charge in [0.15, 0.2) is 0 Å². The lowest BCUT2D eigenvalue weighted by atomic mass is 10.1. The fourth-order valence-corrected chi connectivity index (χ4v) is 4.67. The van der Waals surface area contributed by atoms with E-state index in [1.54, 1.807) is 32.0 Å². The van der Waals surface area contributed by atoms with Crippen molar-refractivity contribution in [1.29, 1.82) is 0 Å². The second kappa shape index (κ2) is 5.99. The highest BCUT2D eigenvalue weighted by atomic mass is 79.9. The summed E-state index contributed by atoms with van der Waals surface area (Å²) in [5.41, 5.74) is 2.83. The molecule has 0 unspecified atom stereocenters. The van der Waals surface area contributed by atoms with Crippen LogP contribution in [0, 0.1) is 20.8 Å². The molecule has 0 aromatic heterocycles. The number of nitrogens with one attached hydrogen (secondary N) is 1. The van der Waals surface area contributed by atoms with Crippen molar-refractivity contribution in [3.63, 3.8) is 0 Å². The Morgan fingerprint density at radius 3 is 2.14 bits per heavy atom. The molecule has 0 heterocycles. The minimum absolute atomic E-state index is 0.298. The molecule has 0 saturated heterocycles. The van der Waals surface area contributed by atoms with Crippen molar-refractivity contribution in [3.8, 4) is 0 Å². The highest BCUT2D eigenvalue weighted by Gasteiger charge is 2.21. The second-order valence-electron chi connectivity index (χ2n) is 4.96. The average Bonchev–Trinajstić information content (AvgIpc) is 2.30. The molecular formula is C15H15BrClNO2S. The van der Waals surface area contributed by atoms with Gasteiger partial charge in [-0.25, -0.2) is 8.42 Å². The Morgan fingerprint density at radius 2 is 1.62 bits per heavy atom. The first-order valence-electron chi connectivity index (χ1n) is 6.26. The van der Waals surface area contributed by atoms with Gasteiger partial charge in [-0.2, -0.15) is 0 Å². The fourth-order valence-electron chi connectivity index (χ4n) is 2.36. The summed E-state index contributed by atoms with van der Waals surface area (Å²) in [4.78, 5) is 0.298. The summed E-state index contributed by atoms with van der Waals surface area (Å²) in [5.74, 6) is 0. The topological polar surface area (TPSA) is 46.2 Å². The SMILES string of the molecule is Cc1cc(C)c(S(=O)(=O)Nc2ccc(Br)cc2Cl)c(C)c1. The van der Waals surface area contributed by atoms with Gasteiger partial charge in [-0.3, -0.25) is 4.72 Å². The van der Waals surface area contributed by atoms with Gasteiger partial charge in [0.25, 0.3) is 10.0 Å². The van der Waals surface area contributed by atoms with E-state index in [-0.39, 0.29) is 0 Å². The largest absolute Gasteiger partial charge is 0.278 e. The number of aryl methyl sites for hydroxylation is 3. The van der Waals surface area contributed by atoms with Crippen LogP contribution in [0.15, 0.2) is 39.7 Å². The number of anilines is 1. The summed E-state index contributed by atoms with van der Waals surface area (Å²) in [7, 11) is -3.68. The zero-order chi connectivity index (χ0) is 15.8. The summed E-state index contributed by atoms with van der Waals surface area (Å²) in [6.45, 7) is 5.52. The van der Waals surface area contributed by atoms with E-state index >= 15 is 0 Å². The molecule has 1 N–H and O–H groups in total. The van der Waals surface area contributed by atoms with E-state index < -0.39 is 10.0 Å². The molecule has 0 fully saturated rings. The summed E-state index contributed by atoms with van der Waals surface area (Å²) in [5, 5.41) is 0.343. The first-order chi connectivity index (χ1) is 9.70. The molecule has 0 amide bonds. The van der Waals surface area contributed by atoms with Gasteiger partial charge in [-0.1, -0.05) is 45.2 Å². The smallest absolute Gasteiger partial charge is 0.262 e. The molecule has 21 heavy (non-hydrogen) atoms. The van der Waals surface area contributed by atoms with Crippen LogP contribution >= 0.6 is 27.5 Å². The van der Waals surface area contributed by atoms with Crippen LogP contribution in [0.1, 0.15) is 16.7 Å². The third-order valence-electron chi connectivity index (χ3n) is 3.05. The van der Waals surface area contributed by atoms with Crippen LogP contribution in [0.5, 0.6) is 0 Å². The lowest BCUT2D eigenvalue weighted by Crippen LogP contribution is -2.16. The first kappa shape index (κ1) is 16.3. The van der Waals surface area contributed by atoms with E-state index in [1.807, 2.05) is 19.1 Å². The van der Waals surface area contributed by atoms with E-state index in [2.05, 4.69) is 20.7 Å². The molecular weight excluding hydrogens is 374 g/mol. The van der Waals surface area contributed by atoms with Crippen molar-refractivity contribution in [2.24, 2.45) is 0 Å². The van der Waals surface area contributed by atoms with Gasteiger partial charge in [-0.15, -0.1) is 0 Å².